The first kappa shape index (κ1) is 14.8. The van der Waals surface area contributed by atoms with E-state index in [2.05, 4.69) is 10.6 Å². The maximum atomic E-state index is 11.5. The van der Waals surface area contributed by atoms with Gasteiger partial charge in [-0.1, -0.05) is 13.8 Å². The molecule has 4 nitrogen and oxygen atoms in total. The van der Waals surface area contributed by atoms with Crippen molar-refractivity contribution >= 4 is 17.5 Å². The Kier molecular flexibility index (Phi) is 8.36. The molecule has 0 aromatic carbocycles. The largest absolute Gasteiger partial charge is 0.390 e. The number of rotatable bonds is 7. The summed E-state index contributed by atoms with van der Waals surface area (Å²) in [6.07, 6.45) is 2.23. The Morgan fingerprint density at radius 3 is 2.75 bits per heavy atom. The van der Waals surface area contributed by atoms with E-state index in [1.165, 1.54) is 6.20 Å². The van der Waals surface area contributed by atoms with Crippen LogP contribution in [0.25, 0.3) is 0 Å². The summed E-state index contributed by atoms with van der Waals surface area (Å²) < 4.78 is 0. The molecule has 1 amide bonds. The van der Waals surface area contributed by atoms with Gasteiger partial charge in [0.1, 0.15) is 11.6 Å². The molecule has 0 saturated heterocycles. The van der Waals surface area contributed by atoms with Crippen molar-refractivity contribution in [1.29, 1.82) is 5.26 Å². The molecular formula is C11H18ClN3O. The van der Waals surface area contributed by atoms with Crippen LogP contribution >= 0.6 is 11.6 Å². The highest BCUT2D eigenvalue weighted by Crippen LogP contribution is 1.93. The second-order valence-corrected chi connectivity index (χ2v) is 4.15. The highest BCUT2D eigenvalue weighted by molar-refractivity contribution is 6.17. The maximum Gasteiger partial charge on any atom is 0.263 e. The molecule has 0 fully saturated rings. The van der Waals surface area contributed by atoms with Crippen LogP contribution in [0.15, 0.2) is 11.8 Å². The van der Waals surface area contributed by atoms with Gasteiger partial charge in [-0.25, -0.2) is 0 Å². The molecule has 0 bridgehead atoms. The Balaban J connectivity index is 4.06. The van der Waals surface area contributed by atoms with Crippen LogP contribution in [0.2, 0.25) is 0 Å². The average Bonchev–Trinajstić information content (AvgIpc) is 2.26. The molecule has 0 aliphatic heterocycles. The number of hydrogen-bond acceptors (Lipinski definition) is 3. The summed E-state index contributed by atoms with van der Waals surface area (Å²) in [5.74, 6) is 0.588. The van der Waals surface area contributed by atoms with Crippen LogP contribution in [-0.4, -0.2) is 24.9 Å². The number of nitrogens with zero attached hydrogens (tertiary/aromatic N) is 1. The minimum atomic E-state index is -0.338. The lowest BCUT2D eigenvalue weighted by Gasteiger charge is -2.06. The van der Waals surface area contributed by atoms with Crippen LogP contribution in [0.5, 0.6) is 0 Å². The molecular weight excluding hydrogens is 226 g/mol. The standard InChI is InChI=1S/C11H18ClN3O/c1-9(2)7-15-11(16)10(6-13)8-14-5-3-4-12/h8-9,14H,3-5,7H2,1-2H3,(H,15,16)/b10-8-. The summed E-state index contributed by atoms with van der Waals surface area (Å²) in [5, 5.41) is 14.3. The Hall–Kier alpha value is -1.21. The Morgan fingerprint density at radius 1 is 1.56 bits per heavy atom. The maximum absolute atomic E-state index is 11.5. The fourth-order valence-corrected chi connectivity index (χ4v) is 1.02. The van der Waals surface area contributed by atoms with Gasteiger partial charge in [0, 0.05) is 25.2 Å². The Labute approximate surface area is 102 Å². The summed E-state index contributed by atoms with van der Waals surface area (Å²) in [7, 11) is 0. The SMILES string of the molecule is CC(C)CNC(=O)/C(C#N)=C\NCCCCl. The van der Waals surface area contributed by atoms with E-state index >= 15 is 0 Å². The van der Waals surface area contributed by atoms with Crippen molar-refractivity contribution in [3.05, 3.63) is 11.8 Å². The van der Waals surface area contributed by atoms with Gasteiger partial charge in [-0.3, -0.25) is 4.79 Å². The van der Waals surface area contributed by atoms with E-state index in [1.54, 1.807) is 0 Å². The zero-order valence-electron chi connectivity index (χ0n) is 9.72. The highest BCUT2D eigenvalue weighted by atomic mass is 35.5. The molecule has 0 radical (unpaired) electrons. The lowest BCUT2D eigenvalue weighted by atomic mass is 10.2. The minimum Gasteiger partial charge on any atom is -0.390 e. The van der Waals surface area contributed by atoms with Crippen LogP contribution in [0, 0.1) is 17.2 Å². The molecule has 2 N–H and O–H groups in total. The molecule has 5 heteroatoms. The van der Waals surface area contributed by atoms with Gasteiger partial charge in [0.25, 0.3) is 5.91 Å². The minimum absolute atomic E-state index is 0.0928. The predicted molar refractivity (Wildman–Crippen MR) is 64.9 cm³/mol. The van der Waals surface area contributed by atoms with E-state index in [0.717, 1.165) is 6.42 Å². The molecule has 90 valence electrons. The van der Waals surface area contributed by atoms with Crippen LogP contribution in [0.4, 0.5) is 0 Å². The van der Waals surface area contributed by atoms with Gasteiger partial charge in [-0.15, -0.1) is 11.6 Å². The third-order valence-electron chi connectivity index (χ3n) is 1.74. The Bertz CT molecular complexity index is 281. The first-order valence-corrected chi connectivity index (χ1v) is 5.83. The zero-order chi connectivity index (χ0) is 12.4. The number of nitrogens with one attached hydrogen (secondary N) is 2. The lowest BCUT2D eigenvalue weighted by molar-refractivity contribution is -0.117. The van der Waals surface area contributed by atoms with Gasteiger partial charge in [-0.2, -0.15) is 5.26 Å². The van der Waals surface area contributed by atoms with Crippen molar-refractivity contribution in [2.24, 2.45) is 5.92 Å². The molecule has 0 unspecified atom stereocenters. The summed E-state index contributed by atoms with van der Waals surface area (Å²) in [4.78, 5) is 11.5. The van der Waals surface area contributed by atoms with E-state index in [0.29, 0.717) is 24.9 Å². The molecule has 0 atom stereocenters. The molecule has 0 heterocycles. The van der Waals surface area contributed by atoms with Crippen LogP contribution in [0.3, 0.4) is 0 Å². The van der Waals surface area contributed by atoms with E-state index < -0.39 is 0 Å². The van der Waals surface area contributed by atoms with Crippen LogP contribution in [0.1, 0.15) is 20.3 Å². The fourth-order valence-electron chi connectivity index (χ4n) is 0.884. The summed E-state index contributed by atoms with van der Waals surface area (Å²) in [5.41, 5.74) is 0.0928. The summed E-state index contributed by atoms with van der Waals surface area (Å²) in [6, 6.07) is 1.86. The molecule has 0 aliphatic rings. The molecule has 0 rings (SSSR count). The van der Waals surface area contributed by atoms with Gasteiger partial charge < -0.3 is 10.6 Å². The van der Waals surface area contributed by atoms with Crippen LogP contribution in [-0.2, 0) is 4.79 Å². The third-order valence-corrected chi connectivity index (χ3v) is 2.00. The van der Waals surface area contributed by atoms with E-state index in [9.17, 15) is 4.79 Å². The van der Waals surface area contributed by atoms with Crippen LogP contribution < -0.4 is 10.6 Å². The normalized spacial score (nSPS) is 11.1. The molecule has 0 aliphatic carbocycles. The number of carbonyl (C=O) groups excluding carboxylic acids is 1. The first-order valence-electron chi connectivity index (χ1n) is 5.29. The van der Waals surface area contributed by atoms with E-state index in [-0.39, 0.29) is 11.5 Å². The van der Waals surface area contributed by atoms with Gasteiger partial charge in [0.05, 0.1) is 0 Å². The molecule has 16 heavy (non-hydrogen) atoms. The molecule has 0 aromatic heterocycles. The topological polar surface area (TPSA) is 64.9 Å². The second-order valence-electron chi connectivity index (χ2n) is 3.77. The zero-order valence-corrected chi connectivity index (χ0v) is 10.5. The van der Waals surface area contributed by atoms with Crippen molar-refractivity contribution in [3.8, 4) is 6.07 Å². The summed E-state index contributed by atoms with van der Waals surface area (Å²) >= 11 is 5.49. The third kappa shape index (κ3) is 7.13. The van der Waals surface area contributed by atoms with Gasteiger partial charge in [0.15, 0.2) is 0 Å². The van der Waals surface area contributed by atoms with Gasteiger partial charge in [0.2, 0.25) is 0 Å². The Morgan fingerprint density at radius 2 is 2.25 bits per heavy atom. The number of halogens is 1. The van der Waals surface area contributed by atoms with Crippen molar-refractivity contribution in [2.75, 3.05) is 19.0 Å². The number of hydrogen-bond donors (Lipinski definition) is 2. The smallest absolute Gasteiger partial charge is 0.263 e. The van der Waals surface area contributed by atoms with Crippen molar-refractivity contribution in [2.45, 2.75) is 20.3 Å². The van der Waals surface area contributed by atoms with E-state index in [1.807, 2.05) is 19.9 Å². The van der Waals surface area contributed by atoms with Gasteiger partial charge in [-0.05, 0) is 12.3 Å². The summed E-state index contributed by atoms with van der Waals surface area (Å²) in [6.45, 7) is 5.22. The molecule has 0 saturated carbocycles. The average molecular weight is 244 g/mol. The van der Waals surface area contributed by atoms with Crippen molar-refractivity contribution in [3.63, 3.8) is 0 Å². The lowest BCUT2D eigenvalue weighted by Crippen LogP contribution is -2.29. The number of alkyl halides is 1. The highest BCUT2D eigenvalue weighted by Gasteiger charge is 2.08. The number of carbonyl (C=O) groups is 1. The number of amides is 1. The quantitative estimate of drug-likeness (QED) is 0.307. The molecule has 0 aromatic rings. The van der Waals surface area contributed by atoms with Gasteiger partial charge >= 0.3 is 0 Å². The van der Waals surface area contributed by atoms with Crippen molar-refractivity contribution in [1.82, 2.24) is 10.6 Å². The monoisotopic (exact) mass is 243 g/mol. The fraction of sp³-hybridized carbons (Fsp3) is 0.636. The predicted octanol–water partition coefficient (Wildman–Crippen LogP) is 1.38. The molecule has 0 spiro atoms. The first-order chi connectivity index (χ1) is 7.61. The van der Waals surface area contributed by atoms with E-state index in [4.69, 9.17) is 16.9 Å². The second kappa shape index (κ2) is 9.05. The van der Waals surface area contributed by atoms with Crippen molar-refractivity contribution < 1.29 is 4.79 Å². The number of nitriles is 1.